The number of nitrogens with zero attached hydrogens (tertiary/aromatic N) is 3. The molecule has 0 N–H and O–H groups in total. The molecule has 0 radical (unpaired) electrons. The molecule has 2 rings (SSSR count). The van der Waals surface area contributed by atoms with Gasteiger partial charge in [-0.15, -0.1) is 0 Å². The van der Waals surface area contributed by atoms with Crippen molar-refractivity contribution in [2.75, 3.05) is 7.11 Å². The van der Waals surface area contributed by atoms with Crippen LogP contribution in [-0.2, 0) is 16.8 Å². The van der Waals surface area contributed by atoms with E-state index in [1.165, 1.54) is 22.7 Å². The second-order valence-corrected chi connectivity index (χ2v) is 5.77. The Morgan fingerprint density at radius 3 is 2.52 bits per heavy atom. The molecule has 0 fully saturated rings. The van der Waals surface area contributed by atoms with Crippen molar-refractivity contribution in [2.45, 2.75) is 32.9 Å². The highest BCUT2D eigenvalue weighted by Crippen LogP contribution is 2.12. The summed E-state index contributed by atoms with van der Waals surface area (Å²) in [7, 11) is 1.34. The molecule has 0 bridgehead atoms. The van der Waals surface area contributed by atoms with E-state index in [-0.39, 0.29) is 17.8 Å². The van der Waals surface area contributed by atoms with Crippen molar-refractivity contribution >= 4 is 5.97 Å². The minimum atomic E-state index is -0.415. The average Bonchev–Trinajstić information content (AvgIpc) is 2.80. The van der Waals surface area contributed by atoms with Crippen LogP contribution in [0.2, 0.25) is 0 Å². The summed E-state index contributed by atoms with van der Waals surface area (Å²) >= 11 is 0. The van der Waals surface area contributed by atoms with E-state index in [2.05, 4.69) is 5.10 Å². The maximum atomic E-state index is 12.3. The van der Waals surface area contributed by atoms with Gasteiger partial charge in [-0.25, -0.2) is 14.3 Å². The topological polar surface area (TPSA) is 66.1 Å². The summed E-state index contributed by atoms with van der Waals surface area (Å²) in [6, 6.07) is 7.06. The van der Waals surface area contributed by atoms with Gasteiger partial charge in [0.2, 0.25) is 0 Å². The summed E-state index contributed by atoms with van der Waals surface area (Å²) < 4.78 is 7.66. The fourth-order valence-electron chi connectivity index (χ4n) is 2.05. The van der Waals surface area contributed by atoms with E-state index in [9.17, 15) is 9.59 Å². The van der Waals surface area contributed by atoms with Gasteiger partial charge in [-0.2, -0.15) is 5.10 Å². The first kappa shape index (κ1) is 15.0. The lowest BCUT2D eigenvalue weighted by atomic mass is 10.1. The van der Waals surface area contributed by atoms with Gasteiger partial charge in [0.25, 0.3) is 0 Å². The van der Waals surface area contributed by atoms with Gasteiger partial charge in [0.15, 0.2) is 0 Å². The van der Waals surface area contributed by atoms with Gasteiger partial charge in [-0.1, -0.05) is 18.2 Å². The monoisotopic (exact) mass is 289 g/mol. The van der Waals surface area contributed by atoms with Gasteiger partial charge < -0.3 is 4.74 Å². The van der Waals surface area contributed by atoms with Crippen molar-refractivity contribution in [3.05, 3.63) is 52.2 Å². The third kappa shape index (κ3) is 3.04. The molecule has 0 spiro atoms. The fraction of sp³-hybridized carbons (Fsp3) is 0.400. The third-order valence-corrected chi connectivity index (χ3v) is 3.13. The van der Waals surface area contributed by atoms with Gasteiger partial charge >= 0.3 is 11.7 Å². The largest absolute Gasteiger partial charge is 0.465 e. The van der Waals surface area contributed by atoms with Gasteiger partial charge in [0.05, 0.1) is 24.8 Å². The van der Waals surface area contributed by atoms with Crippen molar-refractivity contribution in [1.82, 2.24) is 14.3 Å². The number of carbonyl (C=O) groups is 1. The molecule has 0 amide bonds. The molecule has 0 saturated carbocycles. The highest BCUT2D eigenvalue weighted by Gasteiger charge is 2.19. The first-order valence-electron chi connectivity index (χ1n) is 6.65. The number of esters is 1. The van der Waals surface area contributed by atoms with E-state index in [4.69, 9.17) is 4.74 Å². The minimum Gasteiger partial charge on any atom is -0.465 e. The second kappa shape index (κ2) is 5.55. The summed E-state index contributed by atoms with van der Waals surface area (Å²) in [6.45, 7) is 6.01. The number of hydrogen-bond donors (Lipinski definition) is 0. The first-order chi connectivity index (χ1) is 9.84. The van der Waals surface area contributed by atoms with Gasteiger partial charge in [-0.05, 0) is 32.4 Å². The zero-order valence-electron chi connectivity index (χ0n) is 12.7. The smallest absolute Gasteiger partial charge is 0.346 e. The molecule has 0 aliphatic heterocycles. The number of ether oxygens (including phenoxy) is 1. The Labute approximate surface area is 123 Å². The summed E-state index contributed by atoms with van der Waals surface area (Å²) in [4.78, 5) is 24.1. The Hall–Kier alpha value is -2.37. The van der Waals surface area contributed by atoms with Gasteiger partial charge in [0.1, 0.15) is 6.33 Å². The summed E-state index contributed by atoms with van der Waals surface area (Å²) in [5.74, 6) is -0.415. The first-order valence-corrected chi connectivity index (χ1v) is 6.65. The van der Waals surface area contributed by atoms with E-state index < -0.39 is 5.97 Å². The van der Waals surface area contributed by atoms with Crippen molar-refractivity contribution in [2.24, 2.45) is 0 Å². The van der Waals surface area contributed by atoms with Crippen LogP contribution < -0.4 is 5.69 Å². The average molecular weight is 289 g/mol. The normalized spacial score (nSPS) is 11.4. The molecule has 1 aromatic carbocycles. The molecule has 21 heavy (non-hydrogen) atoms. The third-order valence-electron chi connectivity index (χ3n) is 3.13. The molecule has 6 nitrogen and oxygen atoms in total. The predicted octanol–water partition coefficient (Wildman–Crippen LogP) is 1.63. The lowest BCUT2D eigenvalue weighted by molar-refractivity contribution is 0.0599. The fourth-order valence-corrected chi connectivity index (χ4v) is 2.05. The Bertz CT molecular complexity index is 707. The molecule has 0 unspecified atom stereocenters. The quantitative estimate of drug-likeness (QED) is 0.806. The van der Waals surface area contributed by atoms with Gasteiger partial charge in [0, 0.05) is 0 Å². The molecule has 1 heterocycles. The minimum absolute atomic E-state index is 0.206. The molecule has 112 valence electrons. The summed E-state index contributed by atoms with van der Waals surface area (Å²) in [6.07, 6.45) is 1.49. The Kier molecular flexibility index (Phi) is 3.97. The van der Waals surface area contributed by atoms with Crippen LogP contribution in [0.15, 0.2) is 35.4 Å². The van der Waals surface area contributed by atoms with Crippen LogP contribution in [0, 0.1) is 0 Å². The Balaban J connectivity index is 2.39. The molecule has 0 atom stereocenters. The predicted molar refractivity (Wildman–Crippen MR) is 78.4 cm³/mol. The number of methoxy groups -OCH3 is 1. The number of hydrogen-bond acceptors (Lipinski definition) is 4. The Morgan fingerprint density at radius 1 is 1.29 bits per heavy atom. The lowest BCUT2D eigenvalue weighted by Gasteiger charge is -2.17. The summed E-state index contributed by atoms with van der Waals surface area (Å²) in [5.41, 5.74) is 0.585. The molecule has 2 aromatic rings. The number of rotatable bonds is 3. The Morgan fingerprint density at radius 2 is 1.95 bits per heavy atom. The van der Waals surface area contributed by atoms with Crippen LogP contribution in [0.1, 0.15) is 36.7 Å². The highest BCUT2D eigenvalue weighted by atomic mass is 16.5. The van der Waals surface area contributed by atoms with Crippen molar-refractivity contribution < 1.29 is 9.53 Å². The van der Waals surface area contributed by atoms with Crippen LogP contribution in [0.25, 0.3) is 0 Å². The van der Waals surface area contributed by atoms with Crippen LogP contribution in [0.4, 0.5) is 0 Å². The van der Waals surface area contributed by atoms with E-state index in [0.29, 0.717) is 5.56 Å². The van der Waals surface area contributed by atoms with Crippen molar-refractivity contribution in [3.8, 4) is 0 Å². The SMILES string of the molecule is COC(=O)c1ccccc1Cn1cnn(C(C)(C)C)c1=O. The van der Waals surface area contributed by atoms with E-state index >= 15 is 0 Å². The van der Waals surface area contributed by atoms with E-state index in [1.807, 2.05) is 26.8 Å². The number of aromatic nitrogens is 3. The zero-order chi connectivity index (χ0) is 15.6. The van der Waals surface area contributed by atoms with Crippen LogP contribution in [0.3, 0.4) is 0 Å². The standard InChI is InChI=1S/C15H19N3O3/c1-15(2,3)18-14(20)17(10-16-18)9-11-7-5-6-8-12(11)13(19)21-4/h5-8,10H,9H2,1-4H3. The van der Waals surface area contributed by atoms with Crippen molar-refractivity contribution in [1.29, 1.82) is 0 Å². The molecule has 0 saturated heterocycles. The number of benzene rings is 1. The van der Waals surface area contributed by atoms with E-state index in [1.54, 1.807) is 18.2 Å². The highest BCUT2D eigenvalue weighted by molar-refractivity contribution is 5.90. The van der Waals surface area contributed by atoms with E-state index in [0.717, 1.165) is 5.56 Å². The zero-order valence-corrected chi connectivity index (χ0v) is 12.7. The van der Waals surface area contributed by atoms with Gasteiger partial charge in [-0.3, -0.25) is 4.57 Å². The maximum Gasteiger partial charge on any atom is 0.346 e. The summed E-state index contributed by atoms with van der Waals surface area (Å²) in [5, 5.41) is 4.13. The molecule has 6 heteroatoms. The maximum absolute atomic E-state index is 12.3. The van der Waals surface area contributed by atoms with Crippen LogP contribution in [-0.4, -0.2) is 27.4 Å². The molecule has 0 aliphatic rings. The van der Waals surface area contributed by atoms with Crippen LogP contribution >= 0.6 is 0 Å². The molecular formula is C15H19N3O3. The number of carbonyl (C=O) groups excluding carboxylic acids is 1. The molecule has 0 aliphatic carbocycles. The molecule has 1 aromatic heterocycles. The molecular weight excluding hydrogens is 270 g/mol. The lowest BCUT2D eigenvalue weighted by Crippen LogP contribution is -2.36. The van der Waals surface area contributed by atoms with Crippen molar-refractivity contribution in [3.63, 3.8) is 0 Å². The van der Waals surface area contributed by atoms with Crippen LogP contribution in [0.5, 0.6) is 0 Å². The second-order valence-electron chi connectivity index (χ2n) is 5.77.